The third-order valence-corrected chi connectivity index (χ3v) is 4.28. The third kappa shape index (κ3) is 4.55. The first-order valence-corrected chi connectivity index (χ1v) is 9.08. The van der Waals surface area contributed by atoms with Gasteiger partial charge in [0.2, 0.25) is 5.90 Å². The highest BCUT2D eigenvalue weighted by Gasteiger charge is 2.26. The maximum Gasteiger partial charge on any atom is 0.363 e. The molecule has 0 bridgehead atoms. The van der Waals surface area contributed by atoms with Crippen LogP contribution in [0, 0.1) is 10.1 Å². The number of cyclic esters (lactones) is 1. The molecule has 29 heavy (non-hydrogen) atoms. The minimum absolute atomic E-state index is 0.0164. The number of aliphatic imine (C=N–C) groups is 1. The van der Waals surface area contributed by atoms with Crippen LogP contribution in [0.3, 0.4) is 0 Å². The zero-order valence-corrected chi connectivity index (χ0v) is 16.4. The third-order valence-electron chi connectivity index (χ3n) is 3.96. The van der Waals surface area contributed by atoms with E-state index in [9.17, 15) is 14.9 Å². The van der Waals surface area contributed by atoms with Crippen LogP contribution in [0.15, 0.2) is 47.1 Å². The average Bonchev–Trinajstić information content (AvgIpc) is 3.07. The van der Waals surface area contributed by atoms with Crippen molar-refractivity contribution in [2.24, 2.45) is 4.99 Å². The Hall–Kier alpha value is -3.39. The van der Waals surface area contributed by atoms with Crippen LogP contribution in [0.2, 0.25) is 5.02 Å². The minimum atomic E-state index is -0.663. The van der Waals surface area contributed by atoms with Crippen molar-refractivity contribution in [3.05, 3.63) is 68.4 Å². The van der Waals surface area contributed by atoms with Gasteiger partial charge in [-0.1, -0.05) is 24.6 Å². The number of benzene rings is 2. The molecule has 8 nitrogen and oxygen atoms in total. The van der Waals surface area contributed by atoms with E-state index in [4.69, 9.17) is 25.8 Å². The number of nitro groups is 1. The summed E-state index contributed by atoms with van der Waals surface area (Å²) in [6.45, 7) is 2.51. The molecule has 150 valence electrons. The Morgan fingerprint density at radius 3 is 2.72 bits per heavy atom. The molecule has 2 aromatic carbocycles. The summed E-state index contributed by atoms with van der Waals surface area (Å²) in [5.74, 6) is 0.432. The molecule has 0 aliphatic carbocycles. The molecule has 0 saturated carbocycles. The Morgan fingerprint density at radius 1 is 1.24 bits per heavy atom. The van der Waals surface area contributed by atoms with Crippen molar-refractivity contribution in [2.45, 2.75) is 13.3 Å². The second-order valence-corrected chi connectivity index (χ2v) is 6.43. The van der Waals surface area contributed by atoms with Crippen molar-refractivity contribution in [1.29, 1.82) is 0 Å². The van der Waals surface area contributed by atoms with Gasteiger partial charge in [-0.25, -0.2) is 9.79 Å². The van der Waals surface area contributed by atoms with Crippen LogP contribution >= 0.6 is 11.6 Å². The van der Waals surface area contributed by atoms with Gasteiger partial charge in [-0.15, -0.1) is 0 Å². The Labute approximate surface area is 171 Å². The molecule has 0 spiro atoms. The second kappa shape index (κ2) is 8.74. The van der Waals surface area contributed by atoms with E-state index in [2.05, 4.69) is 4.99 Å². The van der Waals surface area contributed by atoms with Crippen molar-refractivity contribution < 1.29 is 23.9 Å². The predicted octanol–water partition coefficient (Wildman–Crippen LogP) is 4.39. The van der Waals surface area contributed by atoms with Gasteiger partial charge in [-0.2, -0.15) is 0 Å². The van der Waals surface area contributed by atoms with Gasteiger partial charge in [0, 0.05) is 11.6 Å². The monoisotopic (exact) mass is 416 g/mol. The molecule has 2 aromatic rings. The lowest BCUT2D eigenvalue weighted by Crippen LogP contribution is -2.06. The number of halogens is 1. The van der Waals surface area contributed by atoms with Gasteiger partial charge in [0.05, 0.1) is 18.6 Å². The molecule has 9 heteroatoms. The number of carbonyl (C=O) groups is 1. The summed E-state index contributed by atoms with van der Waals surface area (Å²) in [4.78, 5) is 26.8. The first-order valence-electron chi connectivity index (χ1n) is 8.70. The second-order valence-electron chi connectivity index (χ2n) is 6.02. The van der Waals surface area contributed by atoms with E-state index < -0.39 is 10.9 Å². The molecule has 3 rings (SSSR count). The minimum Gasteiger partial charge on any atom is -0.493 e. The quantitative estimate of drug-likeness (QED) is 0.287. The lowest BCUT2D eigenvalue weighted by atomic mass is 10.1. The van der Waals surface area contributed by atoms with Gasteiger partial charge >= 0.3 is 5.97 Å². The van der Waals surface area contributed by atoms with Gasteiger partial charge in [0.15, 0.2) is 17.2 Å². The van der Waals surface area contributed by atoms with Crippen molar-refractivity contribution >= 4 is 35.2 Å². The largest absolute Gasteiger partial charge is 0.493 e. The summed E-state index contributed by atoms with van der Waals surface area (Å²) >= 11 is 5.82. The molecule has 0 N–H and O–H groups in total. The molecule has 0 unspecified atom stereocenters. The summed E-state index contributed by atoms with van der Waals surface area (Å²) in [7, 11) is 1.54. The Kier molecular flexibility index (Phi) is 6.13. The fourth-order valence-electron chi connectivity index (χ4n) is 2.58. The Bertz CT molecular complexity index is 1030. The lowest BCUT2D eigenvalue weighted by molar-refractivity contribution is -0.384. The van der Waals surface area contributed by atoms with Crippen molar-refractivity contribution in [3.8, 4) is 11.5 Å². The number of hydrogen-bond donors (Lipinski definition) is 0. The zero-order valence-electron chi connectivity index (χ0n) is 15.7. The van der Waals surface area contributed by atoms with Crippen molar-refractivity contribution in [1.82, 2.24) is 0 Å². The van der Waals surface area contributed by atoms with Crippen LogP contribution in [0.25, 0.3) is 6.08 Å². The predicted molar refractivity (Wildman–Crippen MR) is 107 cm³/mol. The van der Waals surface area contributed by atoms with Gasteiger partial charge < -0.3 is 14.2 Å². The summed E-state index contributed by atoms with van der Waals surface area (Å²) < 4.78 is 16.1. The van der Waals surface area contributed by atoms with Gasteiger partial charge in [-0.05, 0) is 42.3 Å². The number of nitrogens with zero attached hydrogens (tertiary/aromatic N) is 2. The van der Waals surface area contributed by atoms with Gasteiger partial charge in [0.1, 0.15) is 5.02 Å². The summed E-state index contributed by atoms with van der Waals surface area (Å²) in [5.41, 5.74) is 0.702. The first-order chi connectivity index (χ1) is 13.9. The number of esters is 1. The summed E-state index contributed by atoms with van der Waals surface area (Å²) in [5, 5.41) is 11.0. The number of methoxy groups -OCH3 is 1. The molecule has 0 amide bonds. The van der Waals surface area contributed by atoms with Gasteiger partial charge in [0.25, 0.3) is 5.69 Å². The van der Waals surface area contributed by atoms with E-state index in [0.29, 0.717) is 23.7 Å². The van der Waals surface area contributed by atoms with Crippen molar-refractivity contribution in [2.75, 3.05) is 13.7 Å². The first kappa shape index (κ1) is 20.3. The molecular formula is C20H17ClN2O6. The fraction of sp³-hybridized carbons (Fsp3) is 0.200. The standard InChI is InChI=1S/C20H17ClN2O6/c1-3-8-28-18-10-12(4-7-17(18)27-2)9-15-20(24)29-19(22-15)13-5-6-14(21)16(11-13)23(25)26/h4-7,9-11H,3,8H2,1-2H3/b15-9-. The molecular weight excluding hydrogens is 400 g/mol. The number of hydrogen-bond acceptors (Lipinski definition) is 7. The lowest BCUT2D eigenvalue weighted by Gasteiger charge is -2.10. The Balaban J connectivity index is 1.93. The average molecular weight is 417 g/mol. The van der Waals surface area contributed by atoms with E-state index >= 15 is 0 Å². The van der Waals surface area contributed by atoms with Crippen LogP contribution in [-0.2, 0) is 9.53 Å². The molecule has 0 aromatic heterocycles. The maximum atomic E-state index is 12.2. The molecule has 0 atom stereocenters. The zero-order chi connectivity index (χ0) is 21.0. The fourth-order valence-corrected chi connectivity index (χ4v) is 2.77. The van der Waals surface area contributed by atoms with Crippen LogP contribution in [0.4, 0.5) is 5.69 Å². The molecule has 0 radical (unpaired) electrons. The molecule has 1 aliphatic heterocycles. The van der Waals surface area contributed by atoms with Crippen molar-refractivity contribution in [3.63, 3.8) is 0 Å². The highest BCUT2D eigenvalue weighted by atomic mass is 35.5. The number of carbonyl (C=O) groups excluding carboxylic acids is 1. The van der Waals surface area contributed by atoms with Gasteiger partial charge in [-0.3, -0.25) is 10.1 Å². The van der Waals surface area contributed by atoms with E-state index in [0.717, 1.165) is 6.42 Å². The maximum absolute atomic E-state index is 12.2. The molecule has 1 aliphatic rings. The van der Waals surface area contributed by atoms with E-state index in [1.54, 1.807) is 25.3 Å². The molecule has 1 heterocycles. The van der Waals surface area contributed by atoms with E-state index in [-0.39, 0.29) is 27.9 Å². The van der Waals surface area contributed by atoms with E-state index in [1.807, 2.05) is 6.92 Å². The SMILES string of the molecule is CCCOc1cc(/C=C2\N=C(c3ccc(Cl)c([N+](=O)[O-])c3)OC2=O)ccc1OC. The van der Waals surface area contributed by atoms with Crippen LogP contribution < -0.4 is 9.47 Å². The topological polar surface area (TPSA) is 100 Å². The normalized spacial score (nSPS) is 14.5. The van der Waals surface area contributed by atoms with Crippen LogP contribution in [0.5, 0.6) is 11.5 Å². The summed E-state index contributed by atoms with van der Waals surface area (Å²) in [6.07, 6.45) is 2.37. The highest BCUT2D eigenvalue weighted by Crippen LogP contribution is 2.31. The molecule has 0 fully saturated rings. The molecule has 0 saturated heterocycles. The van der Waals surface area contributed by atoms with Crippen LogP contribution in [0.1, 0.15) is 24.5 Å². The summed E-state index contributed by atoms with van der Waals surface area (Å²) in [6, 6.07) is 9.27. The smallest absolute Gasteiger partial charge is 0.363 e. The number of rotatable bonds is 7. The van der Waals surface area contributed by atoms with E-state index in [1.165, 1.54) is 24.3 Å². The Morgan fingerprint density at radius 2 is 2.03 bits per heavy atom. The highest BCUT2D eigenvalue weighted by molar-refractivity contribution is 6.32. The van der Waals surface area contributed by atoms with Crippen LogP contribution in [-0.4, -0.2) is 30.5 Å². The number of nitro benzene ring substituents is 1. The number of ether oxygens (including phenoxy) is 3.